The molecule has 0 saturated carbocycles. The molecular weight excluding hydrogens is 233 g/mol. The molecule has 1 saturated heterocycles. The SMILES string of the molecule is CC(C)CNN1CCN(c2ccc(F)cc2)C1=O. The Balaban J connectivity index is 2.00. The number of benzene rings is 1. The number of hydrazine groups is 1. The van der Waals surface area contributed by atoms with Crippen LogP contribution < -0.4 is 10.3 Å². The number of nitrogens with one attached hydrogen (secondary N) is 1. The third-order valence-corrected chi connectivity index (χ3v) is 2.84. The molecular formula is C13H18FN3O. The lowest BCUT2D eigenvalue weighted by molar-refractivity contribution is 0.193. The average Bonchev–Trinajstić information content (AvgIpc) is 2.69. The van der Waals surface area contributed by atoms with Crippen LogP contribution in [0.3, 0.4) is 0 Å². The molecule has 2 amide bonds. The van der Waals surface area contributed by atoms with Crippen LogP contribution in [-0.2, 0) is 0 Å². The fourth-order valence-electron chi connectivity index (χ4n) is 1.84. The summed E-state index contributed by atoms with van der Waals surface area (Å²) in [5, 5.41) is 1.61. The van der Waals surface area contributed by atoms with E-state index in [9.17, 15) is 9.18 Å². The topological polar surface area (TPSA) is 35.6 Å². The van der Waals surface area contributed by atoms with Crippen molar-refractivity contribution in [3.05, 3.63) is 30.1 Å². The number of hydrogen-bond acceptors (Lipinski definition) is 2. The molecule has 0 aliphatic carbocycles. The van der Waals surface area contributed by atoms with Gasteiger partial charge in [0.2, 0.25) is 0 Å². The smallest absolute Gasteiger partial charge is 0.291 e. The Labute approximate surface area is 106 Å². The third kappa shape index (κ3) is 2.79. The predicted octanol–water partition coefficient (Wildman–Crippen LogP) is 2.23. The number of urea groups is 1. The van der Waals surface area contributed by atoms with Crippen LogP contribution in [0.2, 0.25) is 0 Å². The second kappa shape index (κ2) is 5.35. The van der Waals surface area contributed by atoms with Crippen molar-refractivity contribution in [3.63, 3.8) is 0 Å². The fraction of sp³-hybridized carbons (Fsp3) is 0.462. The highest BCUT2D eigenvalue weighted by molar-refractivity contribution is 5.93. The van der Waals surface area contributed by atoms with E-state index < -0.39 is 0 Å². The molecule has 1 aromatic rings. The van der Waals surface area contributed by atoms with Gasteiger partial charge >= 0.3 is 6.03 Å². The summed E-state index contributed by atoms with van der Waals surface area (Å²) in [5.74, 6) is 0.192. The number of anilines is 1. The first-order valence-electron chi connectivity index (χ1n) is 6.16. The van der Waals surface area contributed by atoms with Gasteiger partial charge in [0.1, 0.15) is 5.82 Å². The van der Waals surface area contributed by atoms with E-state index in [1.54, 1.807) is 22.0 Å². The van der Waals surface area contributed by atoms with E-state index in [1.807, 2.05) is 0 Å². The van der Waals surface area contributed by atoms with E-state index in [0.29, 0.717) is 19.0 Å². The van der Waals surface area contributed by atoms with Crippen molar-refractivity contribution >= 4 is 11.7 Å². The highest BCUT2D eigenvalue weighted by Gasteiger charge is 2.29. The Kier molecular flexibility index (Phi) is 3.81. The Morgan fingerprint density at radius 2 is 1.94 bits per heavy atom. The van der Waals surface area contributed by atoms with Crippen molar-refractivity contribution < 1.29 is 9.18 Å². The minimum Gasteiger partial charge on any atom is -0.291 e. The van der Waals surface area contributed by atoms with Crippen LogP contribution >= 0.6 is 0 Å². The maximum absolute atomic E-state index is 12.8. The third-order valence-electron chi connectivity index (χ3n) is 2.84. The number of carbonyl (C=O) groups excluding carboxylic acids is 1. The Bertz CT molecular complexity index is 419. The van der Waals surface area contributed by atoms with Gasteiger partial charge in [0.05, 0.1) is 6.54 Å². The first-order valence-corrected chi connectivity index (χ1v) is 6.16. The van der Waals surface area contributed by atoms with Gasteiger partial charge in [-0.25, -0.2) is 14.6 Å². The maximum atomic E-state index is 12.8. The van der Waals surface area contributed by atoms with Crippen molar-refractivity contribution in [3.8, 4) is 0 Å². The normalized spacial score (nSPS) is 15.9. The van der Waals surface area contributed by atoms with Crippen molar-refractivity contribution in [1.82, 2.24) is 10.4 Å². The quantitative estimate of drug-likeness (QED) is 0.890. The molecule has 5 heteroatoms. The molecule has 1 aromatic carbocycles. The summed E-state index contributed by atoms with van der Waals surface area (Å²) in [7, 11) is 0. The summed E-state index contributed by atoms with van der Waals surface area (Å²) in [6.07, 6.45) is 0. The first-order chi connectivity index (χ1) is 8.58. The summed E-state index contributed by atoms with van der Waals surface area (Å²) in [6, 6.07) is 5.90. The molecule has 0 atom stereocenters. The minimum absolute atomic E-state index is 0.0812. The van der Waals surface area contributed by atoms with Gasteiger partial charge in [0, 0.05) is 18.8 Å². The Hall–Kier alpha value is -1.62. The van der Waals surface area contributed by atoms with Crippen molar-refractivity contribution in [2.45, 2.75) is 13.8 Å². The average molecular weight is 251 g/mol. The summed E-state index contributed by atoms with van der Waals surface area (Å²) in [4.78, 5) is 13.7. The minimum atomic E-state index is -0.291. The van der Waals surface area contributed by atoms with Gasteiger partial charge in [-0.15, -0.1) is 0 Å². The second-order valence-corrected chi connectivity index (χ2v) is 4.82. The molecule has 0 aromatic heterocycles. The highest BCUT2D eigenvalue weighted by Crippen LogP contribution is 2.19. The largest absolute Gasteiger partial charge is 0.338 e. The van der Waals surface area contributed by atoms with Gasteiger partial charge in [-0.2, -0.15) is 0 Å². The van der Waals surface area contributed by atoms with E-state index in [-0.39, 0.29) is 11.8 Å². The zero-order valence-corrected chi connectivity index (χ0v) is 10.7. The van der Waals surface area contributed by atoms with E-state index in [2.05, 4.69) is 19.3 Å². The lowest BCUT2D eigenvalue weighted by Crippen LogP contribution is -2.43. The maximum Gasteiger partial charge on any atom is 0.338 e. The first kappa shape index (κ1) is 12.8. The van der Waals surface area contributed by atoms with E-state index in [0.717, 1.165) is 12.2 Å². The number of rotatable bonds is 4. The second-order valence-electron chi connectivity index (χ2n) is 4.82. The Morgan fingerprint density at radius 1 is 1.28 bits per heavy atom. The van der Waals surface area contributed by atoms with Crippen molar-refractivity contribution in [1.29, 1.82) is 0 Å². The van der Waals surface area contributed by atoms with Crippen LogP contribution in [0.15, 0.2) is 24.3 Å². The molecule has 98 valence electrons. The number of halogens is 1. The molecule has 0 radical (unpaired) electrons. The molecule has 1 aliphatic rings. The highest BCUT2D eigenvalue weighted by atomic mass is 19.1. The number of amides is 2. The predicted molar refractivity (Wildman–Crippen MR) is 68.7 cm³/mol. The van der Waals surface area contributed by atoms with Crippen LogP contribution in [-0.4, -0.2) is 30.7 Å². The molecule has 4 nitrogen and oxygen atoms in total. The molecule has 1 heterocycles. The summed E-state index contributed by atoms with van der Waals surface area (Å²) >= 11 is 0. The van der Waals surface area contributed by atoms with Crippen molar-refractivity contribution in [2.75, 3.05) is 24.5 Å². The molecule has 1 aliphatic heterocycles. The lowest BCUT2D eigenvalue weighted by Gasteiger charge is -2.20. The summed E-state index contributed by atoms with van der Waals surface area (Å²) < 4.78 is 12.8. The van der Waals surface area contributed by atoms with E-state index >= 15 is 0 Å². The van der Waals surface area contributed by atoms with Crippen LogP contribution in [0.1, 0.15) is 13.8 Å². The monoisotopic (exact) mass is 251 g/mol. The number of carbonyl (C=O) groups is 1. The van der Waals surface area contributed by atoms with Crippen molar-refractivity contribution in [2.24, 2.45) is 5.92 Å². The zero-order chi connectivity index (χ0) is 13.1. The molecule has 0 unspecified atom stereocenters. The van der Waals surface area contributed by atoms with Crippen LogP contribution in [0.25, 0.3) is 0 Å². The van der Waals surface area contributed by atoms with Crippen LogP contribution in [0.5, 0.6) is 0 Å². The van der Waals surface area contributed by atoms with E-state index in [1.165, 1.54) is 12.1 Å². The van der Waals surface area contributed by atoms with Gasteiger partial charge in [0.15, 0.2) is 0 Å². The van der Waals surface area contributed by atoms with Crippen LogP contribution in [0.4, 0.5) is 14.9 Å². The van der Waals surface area contributed by atoms with Crippen LogP contribution in [0, 0.1) is 11.7 Å². The Morgan fingerprint density at radius 3 is 2.56 bits per heavy atom. The molecule has 18 heavy (non-hydrogen) atoms. The molecule has 2 rings (SSSR count). The number of nitrogens with zero attached hydrogens (tertiary/aromatic N) is 2. The molecule has 1 fully saturated rings. The van der Waals surface area contributed by atoms with Gasteiger partial charge < -0.3 is 0 Å². The van der Waals surface area contributed by atoms with Gasteiger partial charge in [-0.3, -0.25) is 9.91 Å². The summed E-state index contributed by atoms with van der Waals surface area (Å²) in [5.41, 5.74) is 3.84. The van der Waals surface area contributed by atoms with E-state index in [4.69, 9.17) is 0 Å². The molecule has 0 spiro atoms. The van der Waals surface area contributed by atoms with Gasteiger partial charge in [-0.1, -0.05) is 13.8 Å². The fourth-order valence-corrected chi connectivity index (χ4v) is 1.84. The number of hydrogen-bond donors (Lipinski definition) is 1. The molecule has 0 bridgehead atoms. The molecule has 1 N–H and O–H groups in total. The van der Waals surface area contributed by atoms with Gasteiger partial charge in [0.25, 0.3) is 0 Å². The standard InChI is InChI=1S/C13H18FN3O/c1-10(2)9-15-17-8-7-16(13(17)18)12-5-3-11(14)4-6-12/h3-6,10,15H,7-9H2,1-2H3. The zero-order valence-electron chi connectivity index (χ0n) is 10.7. The lowest BCUT2D eigenvalue weighted by atomic mass is 10.2. The summed E-state index contributed by atoms with van der Waals surface area (Å²) in [6.45, 7) is 6.21. The van der Waals surface area contributed by atoms with Gasteiger partial charge in [-0.05, 0) is 30.2 Å².